The van der Waals surface area contributed by atoms with Gasteiger partial charge in [-0.1, -0.05) is 0 Å². The minimum Gasteiger partial charge on any atom is -0.492 e. The molecule has 0 saturated heterocycles. The predicted molar refractivity (Wildman–Crippen MR) is 98.5 cm³/mol. The van der Waals surface area contributed by atoms with Gasteiger partial charge in [-0.2, -0.15) is 0 Å². The third-order valence-corrected chi connectivity index (χ3v) is 4.16. The number of benzene rings is 1. The van der Waals surface area contributed by atoms with Gasteiger partial charge in [-0.3, -0.25) is 14.2 Å². The van der Waals surface area contributed by atoms with Crippen LogP contribution in [0.2, 0.25) is 0 Å². The van der Waals surface area contributed by atoms with E-state index >= 15 is 0 Å². The van der Waals surface area contributed by atoms with Crippen LogP contribution in [0.5, 0.6) is 5.75 Å². The number of nitrogens with zero attached hydrogens (tertiary/aromatic N) is 1. The van der Waals surface area contributed by atoms with Crippen molar-refractivity contribution in [1.82, 2.24) is 4.57 Å². The highest BCUT2D eigenvalue weighted by Crippen LogP contribution is 2.30. The smallest absolute Gasteiger partial charge is 0.258 e. The van der Waals surface area contributed by atoms with Gasteiger partial charge >= 0.3 is 0 Å². The van der Waals surface area contributed by atoms with Gasteiger partial charge in [-0.05, 0) is 54.6 Å². The Morgan fingerprint density at radius 2 is 2.12 bits per heavy atom. The Morgan fingerprint density at radius 3 is 2.67 bits per heavy atom. The molecule has 0 fully saturated rings. The van der Waals surface area contributed by atoms with Crippen molar-refractivity contribution in [3.8, 4) is 5.75 Å². The SMILES string of the molecule is CCOc1c(C(N)=O)c(Nc2ccc(I)cc2F)n(C)c(=O)c1C. The highest BCUT2D eigenvalue weighted by Gasteiger charge is 2.23. The summed E-state index contributed by atoms with van der Waals surface area (Å²) in [6.07, 6.45) is 0. The fraction of sp³-hybridized carbons (Fsp3) is 0.250. The fourth-order valence-electron chi connectivity index (χ4n) is 2.33. The van der Waals surface area contributed by atoms with Gasteiger partial charge in [0, 0.05) is 10.6 Å². The average Bonchev–Trinajstić information content (AvgIpc) is 2.51. The van der Waals surface area contributed by atoms with Crippen molar-refractivity contribution in [2.45, 2.75) is 13.8 Å². The van der Waals surface area contributed by atoms with Crippen molar-refractivity contribution in [3.05, 3.63) is 49.1 Å². The third-order valence-electron chi connectivity index (χ3n) is 3.48. The Balaban J connectivity index is 2.72. The summed E-state index contributed by atoms with van der Waals surface area (Å²) in [5.74, 6) is -1.09. The average molecular weight is 445 g/mol. The zero-order valence-corrected chi connectivity index (χ0v) is 15.6. The molecule has 0 aliphatic heterocycles. The number of carbonyl (C=O) groups is 1. The van der Waals surface area contributed by atoms with E-state index < -0.39 is 11.7 Å². The zero-order chi connectivity index (χ0) is 18.0. The predicted octanol–water partition coefficient (Wildman–Crippen LogP) is 2.68. The maximum Gasteiger partial charge on any atom is 0.258 e. The van der Waals surface area contributed by atoms with Gasteiger partial charge in [0.2, 0.25) is 0 Å². The third kappa shape index (κ3) is 3.37. The van der Waals surface area contributed by atoms with Crippen molar-refractivity contribution < 1.29 is 13.9 Å². The summed E-state index contributed by atoms with van der Waals surface area (Å²) in [5.41, 5.74) is 5.51. The maximum absolute atomic E-state index is 14.1. The lowest BCUT2D eigenvalue weighted by atomic mass is 10.1. The van der Waals surface area contributed by atoms with Crippen LogP contribution in [0.1, 0.15) is 22.8 Å². The molecular formula is C16H17FIN3O3. The van der Waals surface area contributed by atoms with Crippen LogP contribution in [-0.2, 0) is 7.05 Å². The van der Waals surface area contributed by atoms with Crippen molar-refractivity contribution in [1.29, 1.82) is 0 Å². The Kier molecular flexibility index (Phi) is 5.47. The molecule has 0 aliphatic rings. The number of hydrogen-bond donors (Lipinski definition) is 2. The van der Waals surface area contributed by atoms with Crippen LogP contribution < -0.4 is 21.3 Å². The molecule has 3 N–H and O–H groups in total. The molecule has 1 amide bonds. The summed E-state index contributed by atoms with van der Waals surface area (Å²) >= 11 is 1.99. The standard InChI is InChI=1S/C16H17FIN3O3/c1-4-24-13-8(2)16(23)21(3)15(12(13)14(19)22)20-11-6-5-9(18)7-10(11)17/h5-7,20H,4H2,1-3H3,(H2,19,22). The molecule has 0 spiro atoms. The molecule has 128 valence electrons. The van der Waals surface area contributed by atoms with Crippen LogP contribution in [0.15, 0.2) is 23.0 Å². The lowest BCUT2D eigenvalue weighted by Gasteiger charge is -2.19. The molecule has 8 heteroatoms. The minimum absolute atomic E-state index is 0.00870. The van der Waals surface area contributed by atoms with Crippen LogP contribution in [0.3, 0.4) is 0 Å². The van der Waals surface area contributed by atoms with E-state index in [1.54, 1.807) is 19.9 Å². The van der Waals surface area contributed by atoms with E-state index in [9.17, 15) is 14.0 Å². The molecule has 0 aliphatic carbocycles. The van der Waals surface area contributed by atoms with Gasteiger partial charge in [0.15, 0.2) is 0 Å². The second kappa shape index (κ2) is 7.20. The number of ether oxygens (including phenoxy) is 1. The quantitative estimate of drug-likeness (QED) is 0.694. The second-order valence-corrected chi connectivity index (χ2v) is 6.33. The number of primary amides is 1. The van der Waals surface area contributed by atoms with Crippen molar-refractivity contribution in [2.24, 2.45) is 12.8 Å². The van der Waals surface area contributed by atoms with E-state index in [4.69, 9.17) is 10.5 Å². The summed E-state index contributed by atoms with van der Waals surface area (Å²) in [4.78, 5) is 24.3. The monoisotopic (exact) mass is 445 g/mol. The van der Waals surface area contributed by atoms with Crippen LogP contribution >= 0.6 is 22.6 Å². The number of rotatable bonds is 5. The first-order valence-corrected chi connectivity index (χ1v) is 8.24. The number of carbonyl (C=O) groups excluding carboxylic acids is 1. The van der Waals surface area contributed by atoms with Gasteiger partial charge < -0.3 is 15.8 Å². The number of nitrogens with one attached hydrogen (secondary N) is 1. The molecule has 1 aromatic carbocycles. The Hall–Kier alpha value is -2.10. The largest absolute Gasteiger partial charge is 0.492 e. The van der Waals surface area contributed by atoms with Crippen LogP contribution in [-0.4, -0.2) is 17.1 Å². The van der Waals surface area contributed by atoms with E-state index in [-0.39, 0.29) is 40.5 Å². The van der Waals surface area contributed by atoms with Crippen molar-refractivity contribution in [3.63, 3.8) is 0 Å². The van der Waals surface area contributed by atoms with Crippen LogP contribution in [0, 0.1) is 16.3 Å². The molecule has 0 unspecified atom stereocenters. The summed E-state index contributed by atoms with van der Waals surface area (Å²) in [6.45, 7) is 3.54. The molecule has 0 bridgehead atoms. The summed E-state index contributed by atoms with van der Waals surface area (Å²) < 4.78 is 21.5. The van der Waals surface area contributed by atoms with Crippen molar-refractivity contribution >= 4 is 40.0 Å². The van der Waals surface area contributed by atoms with Gasteiger partial charge in [0.1, 0.15) is 22.9 Å². The van der Waals surface area contributed by atoms with Gasteiger partial charge in [0.05, 0.1) is 17.9 Å². The number of hydrogen-bond acceptors (Lipinski definition) is 4. The number of nitrogens with two attached hydrogens (primary N) is 1. The fourth-order valence-corrected chi connectivity index (χ4v) is 2.78. The van der Waals surface area contributed by atoms with E-state index in [1.165, 1.54) is 23.7 Å². The summed E-state index contributed by atoms with van der Waals surface area (Å²) in [6, 6.07) is 4.56. The maximum atomic E-state index is 14.1. The summed E-state index contributed by atoms with van der Waals surface area (Å²) in [5, 5.41) is 2.79. The lowest BCUT2D eigenvalue weighted by Crippen LogP contribution is -2.28. The molecule has 2 aromatic rings. The number of halogens is 2. The minimum atomic E-state index is -0.773. The van der Waals surface area contributed by atoms with Crippen LogP contribution in [0.4, 0.5) is 15.9 Å². The molecule has 0 saturated carbocycles. The second-order valence-electron chi connectivity index (χ2n) is 5.09. The number of aromatic nitrogens is 1. The Labute approximate surface area is 151 Å². The first kappa shape index (κ1) is 18.2. The van der Waals surface area contributed by atoms with Gasteiger partial charge in [-0.25, -0.2) is 4.39 Å². The normalized spacial score (nSPS) is 10.5. The van der Waals surface area contributed by atoms with E-state index in [1.807, 2.05) is 22.6 Å². The molecule has 0 atom stereocenters. The Morgan fingerprint density at radius 1 is 1.46 bits per heavy atom. The molecule has 1 heterocycles. The number of anilines is 2. The first-order chi connectivity index (χ1) is 11.3. The molecular weight excluding hydrogens is 428 g/mol. The van der Waals surface area contributed by atoms with Crippen LogP contribution in [0.25, 0.3) is 0 Å². The lowest BCUT2D eigenvalue weighted by molar-refractivity contribution is 0.0996. The summed E-state index contributed by atoms with van der Waals surface area (Å²) in [7, 11) is 1.48. The molecule has 24 heavy (non-hydrogen) atoms. The first-order valence-electron chi connectivity index (χ1n) is 7.16. The Bertz CT molecular complexity index is 865. The van der Waals surface area contributed by atoms with Gasteiger partial charge in [-0.15, -0.1) is 0 Å². The van der Waals surface area contributed by atoms with E-state index in [0.717, 1.165) is 3.57 Å². The number of pyridine rings is 1. The number of amides is 1. The van der Waals surface area contributed by atoms with Gasteiger partial charge in [0.25, 0.3) is 11.5 Å². The van der Waals surface area contributed by atoms with Crippen molar-refractivity contribution in [2.75, 3.05) is 11.9 Å². The molecule has 0 radical (unpaired) electrons. The highest BCUT2D eigenvalue weighted by molar-refractivity contribution is 14.1. The zero-order valence-electron chi connectivity index (χ0n) is 13.4. The molecule has 2 rings (SSSR count). The molecule has 1 aromatic heterocycles. The van der Waals surface area contributed by atoms with E-state index in [0.29, 0.717) is 0 Å². The topological polar surface area (TPSA) is 86.3 Å². The van der Waals surface area contributed by atoms with E-state index in [2.05, 4.69) is 5.32 Å². The molecule has 6 nitrogen and oxygen atoms in total. The highest BCUT2D eigenvalue weighted by atomic mass is 127.